The number of hydrogen-bond acceptors (Lipinski definition) is 5. The van der Waals surface area contributed by atoms with Gasteiger partial charge in [0.05, 0.1) is 0 Å². The van der Waals surface area contributed by atoms with Crippen molar-refractivity contribution < 1.29 is 0 Å². The summed E-state index contributed by atoms with van der Waals surface area (Å²) in [7, 11) is 0. The summed E-state index contributed by atoms with van der Waals surface area (Å²) in [6.45, 7) is 0. The molecule has 7 heteroatoms. The van der Waals surface area contributed by atoms with Crippen molar-refractivity contribution in [1.29, 1.82) is 0 Å². The number of pyridine rings is 1. The van der Waals surface area contributed by atoms with Gasteiger partial charge in [-0.05, 0) is 38.8 Å². The molecule has 0 amide bonds. The first kappa shape index (κ1) is 14.7. The Morgan fingerprint density at radius 1 is 0.880 bits per heavy atom. The highest BCUT2D eigenvalue weighted by atomic mass is 79.9. The Kier molecular flexibility index (Phi) is 3.36. The molecular formula is C18H10BrN5S. The van der Waals surface area contributed by atoms with Gasteiger partial charge >= 0.3 is 0 Å². The molecule has 5 nitrogen and oxygen atoms in total. The third kappa shape index (κ3) is 2.52. The smallest absolute Gasteiger partial charge is 0.235 e. The summed E-state index contributed by atoms with van der Waals surface area (Å²) in [5.74, 6) is 0.687. The summed E-state index contributed by atoms with van der Waals surface area (Å²) >= 11 is 4.96. The number of halogens is 1. The van der Waals surface area contributed by atoms with E-state index in [1.807, 2.05) is 18.2 Å². The quantitative estimate of drug-likeness (QED) is 0.420. The minimum absolute atomic E-state index is 0.687. The van der Waals surface area contributed by atoms with Gasteiger partial charge in [-0.3, -0.25) is 4.98 Å². The van der Waals surface area contributed by atoms with Crippen LogP contribution in [0.25, 0.3) is 37.7 Å². The second kappa shape index (κ2) is 5.72. The van der Waals surface area contributed by atoms with E-state index in [1.54, 1.807) is 16.9 Å². The molecule has 0 fully saturated rings. The highest BCUT2D eigenvalue weighted by molar-refractivity contribution is 9.10. The third-order valence-corrected chi connectivity index (χ3v) is 5.33. The van der Waals surface area contributed by atoms with Gasteiger partial charge in [0.2, 0.25) is 4.96 Å². The maximum absolute atomic E-state index is 4.72. The van der Waals surface area contributed by atoms with Crippen molar-refractivity contribution in [2.45, 2.75) is 0 Å². The molecule has 3 heterocycles. The third-order valence-electron chi connectivity index (χ3n) is 3.95. The summed E-state index contributed by atoms with van der Waals surface area (Å²) in [5.41, 5.74) is 1.95. The van der Waals surface area contributed by atoms with Gasteiger partial charge in [-0.2, -0.15) is 9.61 Å². The lowest BCUT2D eigenvalue weighted by Crippen LogP contribution is -1.91. The van der Waals surface area contributed by atoms with Crippen molar-refractivity contribution in [3.8, 4) is 22.0 Å². The molecule has 5 aromatic rings. The zero-order valence-electron chi connectivity index (χ0n) is 12.8. The fourth-order valence-electron chi connectivity index (χ4n) is 2.77. The van der Waals surface area contributed by atoms with Crippen molar-refractivity contribution in [3.05, 3.63) is 65.4 Å². The molecular weight excluding hydrogens is 398 g/mol. The number of fused-ring (bicyclic) bond motifs is 2. The van der Waals surface area contributed by atoms with Crippen LogP contribution < -0.4 is 0 Å². The predicted molar refractivity (Wildman–Crippen MR) is 103 cm³/mol. The Bertz CT molecular complexity index is 1230. The van der Waals surface area contributed by atoms with Gasteiger partial charge in [-0.1, -0.05) is 47.7 Å². The molecule has 25 heavy (non-hydrogen) atoms. The Balaban J connectivity index is 1.65. The van der Waals surface area contributed by atoms with E-state index >= 15 is 0 Å². The fourth-order valence-corrected chi connectivity index (χ4v) is 3.97. The minimum Gasteiger partial charge on any atom is -0.263 e. The largest absolute Gasteiger partial charge is 0.263 e. The summed E-state index contributed by atoms with van der Waals surface area (Å²) in [6, 6.07) is 16.6. The van der Waals surface area contributed by atoms with Gasteiger partial charge in [0.25, 0.3) is 0 Å². The SMILES string of the molecule is Brc1cncc(-c2nnc3sc(-c4ccc5ccccc5c4)nn23)c1. The second-order valence-corrected chi connectivity index (χ2v) is 7.45. The molecule has 0 unspecified atom stereocenters. The molecule has 3 aromatic heterocycles. The number of nitrogens with zero attached hydrogens (tertiary/aromatic N) is 5. The zero-order valence-corrected chi connectivity index (χ0v) is 15.2. The van der Waals surface area contributed by atoms with Gasteiger partial charge in [0.1, 0.15) is 5.01 Å². The lowest BCUT2D eigenvalue weighted by molar-refractivity contribution is 0.968. The van der Waals surface area contributed by atoms with E-state index in [2.05, 4.69) is 61.4 Å². The van der Waals surface area contributed by atoms with Crippen molar-refractivity contribution >= 4 is 43.0 Å². The van der Waals surface area contributed by atoms with E-state index < -0.39 is 0 Å². The van der Waals surface area contributed by atoms with Gasteiger partial charge in [0.15, 0.2) is 5.82 Å². The van der Waals surface area contributed by atoms with Crippen LogP contribution in [0, 0.1) is 0 Å². The van der Waals surface area contributed by atoms with Gasteiger partial charge in [-0.15, -0.1) is 10.2 Å². The fraction of sp³-hybridized carbons (Fsp3) is 0. The van der Waals surface area contributed by atoms with E-state index in [-0.39, 0.29) is 0 Å². The Labute approximate surface area is 155 Å². The Morgan fingerprint density at radius 3 is 2.64 bits per heavy atom. The number of hydrogen-bond donors (Lipinski definition) is 0. The van der Waals surface area contributed by atoms with Crippen molar-refractivity contribution in [3.63, 3.8) is 0 Å². The molecule has 120 valence electrons. The monoisotopic (exact) mass is 407 g/mol. The van der Waals surface area contributed by atoms with Crippen molar-refractivity contribution in [2.24, 2.45) is 0 Å². The first-order valence-corrected chi connectivity index (χ1v) is 9.21. The van der Waals surface area contributed by atoms with E-state index in [0.29, 0.717) is 5.82 Å². The van der Waals surface area contributed by atoms with Gasteiger partial charge in [0, 0.05) is 28.0 Å². The predicted octanol–water partition coefficient (Wildman–Crippen LogP) is 4.83. The Hall–Kier alpha value is -2.64. The summed E-state index contributed by atoms with van der Waals surface area (Å²) in [5, 5.41) is 16.6. The first-order chi connectivity index (χ1) is 12.3. The normalized spacial score (nSPS) is 11.4. The average molecular weight is 408 g/mol. The number of rotatable bonds is 2. The maximum atomic E-state index is 4.72. The van der Waals surface area contributed by atoms with Gasteiger partial charge < -0.3 is 0 Å². The van der Waals surface area contributed by atoms with Crippen LogP contribution in [0.15, 0.2) is 65.4 Å². The van der Waals surface area contributed by atoms with E-state index in [0.717, 1.165) is 25.6 Å². The molecule has 0 saturated heterocycles. The summed E-state index contributed by atoms with van der Waals surface area (Å²) in [6.07, 6.45) is 3.50. The topological polar surface area (TPSA) is 56.0 Å². The lowest BCUT2D eigenvalue weighted by Gasteiger charge is -2.00. The van der Waals surface area contributed by atoms with E-state index in [9.17, 15) is 0 Å². The molecule has 0 aliphatic rings. The van der Waals surface area contributed by atoms with Crippen LogP contribution in [0.4, 0.5) is 0 Å². The highest BCUT2D eigenvalue weighted by Gasteiger charge is 2.15. The molecule has 0 saturated carbocycles. The van der Waals surface area contributed by atoms with Crippen LogP contribution in [0.5, 0.6) is 0 Å². The average Bonchev–Trinajstić information content (AvgIpc) is 3.22. The molecule has 0 N–H and O–H groups in total. The number of aromatic nitrogens is 5. The number of benzene rings is 2. The molecule has 2 aromatic carbocycles. The Morgan fingerprint density at radius 2 is 1.76 bits per heavy atom. The van der Waals surface area contributed by atoms with Crippen LogP contribution >= 0.6 is 27.3 Å². The zero-order chi connectivity index (χ0) is 16.8. The minimum atomic E-state index is 0.687. The molecule has 0 spiro atoms. The van der Waals surface area contributed by atoms with Crippen LogP contribution in [-0.2, 0) is 0 Å². The second-order valence-electron chi connectivity index (χ2n) is 5.58. The van der Waals surface area contributed by atoms with Crippen LogP contribution in [-0.4, -0.2) is 24.8 Å². The first-order valence-electron chi connectivity index (χ1n) is 7.60. The van der Waals surface area contributed by atoms with Crippen LogP contribution in [0.3, 0.4) is 0 Å². The molecule has 0 radical (unpaired) electrons. The van der Waals surface area contributed by atoms with E-state index in [1.165, 1.54) is 22.1 Å². The summed E-state index contributed by atoms with van der Waals surface area (Å²) in [4.78, 5) is 4.96. The highest BCUT2D eigenvalue weighted by Crippen LogP contribution is 2.30. The van der Waals surface area contributed by atoms with Crippen molar-refractivity contribution in [2.75, 3.05) is 0 Å². The summed E-state index contributed by atoms with van der Waals surface area (Å²) < 4.78 is 2.67. The van der Waals surface area contributed by atoms with Crippen LogP contribution in [0.1, 0.15) is 0 Å². The molecule has 0 atom stereocenters. The van der Waals surface area contributed by atoms with E-state index in [4.69, 9.17) is 5.10 Å². The molecule has 5 rings (SSSR count). The van der Waals surface area contributed by atoms with Crippen LogP contribution in [0.2, 0.25) is 0 Å². The molecule has 0 aliphatic heterocycles. The lowest BCUT2D eigenvalue weighted by atomic mass is 10.1. The van der Waals surface area contributed by atoms with Crippen molar-refractivity contribution in [1.82, 2.24) is 24.8 Å². The standard InChI is InChI=1S/C18H10BrN5S/c19-15-8-14(9-20-10-15)16-21-22-18-24(16)23-17(25-18)13-6-5-11-3-1-2-4-12(11)7-13/h1-10H. The van der Waals surface area contributed by atoms with Gasteiger partial charge in [-0.25, -0.2) is 0 Å². The molecule has 0 aliphatic carbocycles. The molecule has 0 bridgehead atoms. The maximum Gasteiger partial charge on any atom is 0.235 e.